The van der Waals surface area contributed by atoms with Crippen LogP contribution < -0.4 is 0 Å². The molecule has 0 aliphatic heterocycles. The van der Waals surface area contributed by atoms with Crippen molar-refractivity contribution in [3.8, 4) is 33.9 Å². The molecule has 3 aromatic carbocycles. The average Bonchev–Trinajstić information content (AvgIpc) is 2.70. The monoisotopic (exact) mass is 308 g/mol. The Hall–Kier alpha value is -3.26. The Balaban J connectivity index is 1.92. The summed E-state index contributed by atoms with van der Waals surface area (Å²) in [4.78, 5) is 9.58. The van der Waals surface area contributed by atoms with Crippen molar-refractivity contribution in [2.75, 3.05) is 0 Å². The topological polar surface area (TPSA) is 25.8 Å². The lowest BCUT2D eigenvalue weighted by Crippen LogP contribution is -1.95. The van der Waals surface area contributed by atoms with Crippen LogP contribution in [0.15, 0.2) is 97.1 Å². The second-order valence-electron chi connectivity index (χ2n) is 5.56. The van der Waals surface area contributed by atoms with Crippen LogP contribution in [0.4, 0.5) is 0 Å². The minimum absolute atomic E-state index is 0.746. The molecule has 4 rings (SSSR count). The Morgan fingerprint density at radius 1 is 0.417 bits per heavy atom. The maximum atomic E-state index is 4.79. The van der Waals surface area contributed by atoms with Gasteiger partial charge in [0.15, 0.2) is 5.82 Å². The van der Waals surface area contributed by atoms with Crippen LogP contribution in [-0.4, -0.2) is 9.97 Å². The van der Waals surface area contributed by atoms with Gasteiger partial charge in [-0.05, 0) is 6.07 Å². The van der Waals surface area contributed by atoms with Gasteiger partial charge in [-0.3, -0.25) is 0 Å². The lowest BCUT2D eigenvalue weighted by molar-refractivity contribution is 1.18. The maximum absolute atomic E-state index is 4.79. The Morgan fingerprint density at radius 2 is 0.792 bits per heavy atom. The van der Waals surface area contributed by atoms with Gasteiger partial charge in [0.1, 0.15) is 0 Å². The minimum Gasteiger partial charge on any atom is -0.228 e. The Morgan fingerprint density at radius 3 is 1.21 bits per heavy atom. The third kappa shape index (κ3) is 2.95. The van der Waals surface area contributed by atoms with Crippen LogP contribution in [0.1, 0.15) is 0 Å². The van der Waals surface area contributed by atoms with Gasteiger partial charge < -0.3 is 0 Å². The molecule has 2 heteroatoms. The van der Waals surface area contributed by atoms with E-state index >= 15 is 0 Å². The lowest BCUT2D eigenvalue weighted by atomic mass is 10.1. The lowest BCUT2D eigenvalue weighted by Gasteiger charge is -2.09. The van der Waals surface area contributed by atoms with E-state index in [0.717, 1.165) is 33.9 Å². The molecule has 0 aliphatic rings. The predicted octanol–water partition coefficient (Wildman–Crippen LogP) is 5.48. The van der Waals surface area contributed by atoms with Gasteiger partial charge in [-0.25, -0.2) is 9.97 Å². The van der Waals surface area contributed by atoms with E-state index in [4.69, 9.17) is 9.97 Å². The smallest absolute Gasteiger partial charge is 0.160 e. The predicted molar refractivity (Wildman–Crippen MR) is 98.3 cm³/mol. The quantitative estimate of drug-likeness (QED) is 0.501. The van der Waals surface area contributed by atoms with Crippen molar-refractivity contribution in [2.24, 2.45) is 0 Å². The van der Waals surface area contributed by atoms with E-state index in [1.54, 1.807) is 0 Å². The molecule has 0 spiro atoms. The van der Waals surface area contributed by atoms with Crippen molar-refractivity contribution in [3.63, 3.8) is 0 Å². The highest BCUT2D eigenvalue weighted by Gasteiger charge is 2.09. The van der Waals surface area contributed by atoms with Gasteiger partial charge in [-0.15, -0.1) is 0 Å². The molecular weight excluding hydrogens is 292 g/mol. The summed E-state index contributed by atoms with van der Waals surface area (Å²) in [5, 5.41) is 0. The van der Waals surface area contributed by atoms with E-state index in [1.165, 1.54) is 0 Å². The maximum Gasteiger partial charge on any atom is 0.160 e. The molecular formula is C22H16N2. The molecule has 0 amide bonds. The highest BCUT2D eigenvalue weighted by atomic mass is 14.9. The van der Waals surface area contributed by atoms with Gasteiger partial charge in [0, 0.05) is 16.7 Å². The van der Waals surface area contributed by atoms with Crippen molar-refractivity contribution >= 4 is 0 Å². The van der Waals surface area contributed by atoms with Crippen LogP contribution in [-0.2, 0) is 0 Å². The zero-order chi connectivity index (χ0) is 16.2. The first-order valence-corrected chi connectivity index (χ1v) is 7.95. The second-order valence-corrected chi connectivity index (χ2v) is 5.56. The van der Waals surface area contributed by atoms with Gasteiger partial charge in [-0.2, -0.15) is 0 Å². The van der Waals surface area contributed by atoms with E-state index in [9.17, 15) is 0 Å². The van der Waals surface area contributed by atoms with Crippen LogP contribution in [0.3, 0.4) is 0 Å². The summed E-state index contributed by atoms with van der Waals surface area (Å²) in [5.74, 6) is 0.746. The summed E-state index contributed by atoms with van der Waals surface area (Å²) in [7, 11) is 0. The number of benzene rings is 3. The summed E-state index contributed by atoms with van der Waals surface area (Å²) in [6, 6.07) is 32.6. The van der Waals surface area contributed by atoms with Crippen LogP contribution in [0.25, 0.3) is 33.9 Å². The van der Waals surface area contributed by atoms with Crippen molar-refractivity contribution in [2.45, 2.75) is 0 Å². The Bertz CT molecular complexity index is 794. The Kier molecular flexibility index (Phi) is 3.86. The van der Waals surface area contributed by atoms with E-state index in [0.29, 0.717) is 0 Å². The third-order valence-corrected chi connectivity index (χ3v) is 3.90. The molecule has 1 heterocycles. The number of hydrogen-bond donors (Lipinski definition) is 0. The first-order chi connectivity index (χ1) is 11.9. The van der Waals surface area contributed by atoms with E-state index < -0.39 is 0 Å². The number of hydrogen-bond acceptors (Lipinski definition) is 2. The molecule has 0 aliphatic carbocycles. The van der Waals surface area contributed by atoms with Crippen LogP contribution in [0.5, 0.6) is 0 Å². The summed E-state index contributed by atoms with van der Waals surface area (Å²) >= 11 is 0. The molecule has 0 saturated heterocycles. The minimum atomic E-state index is 0.746. The fraction of sp³-hybridized carbons (Fsp3) is 0. The molecule has 1 aromatic heterocycles. The average molecular weight is 308 g/mol. The molecule has 0 bridgehead atoms. The van der Waals surface area contributed by atoms with E-state index in [-0.39, 0.29) is 0 Å². The van der Waals surface area contributed by atoms with Crippen LogP contribution in [0.2, 0.25) is 0 Å². The van der Waals surface area contributed by atoms with Crippen molar-refractivity contribution in [1.82, 2.24) is 9.97 Å². The fourth-order valence-corrected chi connectivity index (χ4v) is 2.68. The SMILES string of the molecule is c1ccc(-c2cc(-c3ccccc3)nc(-c3ccccc3)n2)cc1. The molecule has 4 aromatic rings. The van der Waals surface area contributed by atoms with Gasteiger partial charge in [0.2, 0.25) is 0 Å². The fourth-order valence-electron chi connectivity index (χ4n) is 2.68. The van der Waals surface area contributed by atoms with Crippen LogP contribution in [0, 0.1) is 0 Å². The van der Waals surface area contributed by atoms with Gasteiger partial charge in [-0.1, -0.05) is 91.0 Å². The van der Waals surface area contributed by atoms with Gasteiger partial charge >= 0.3 is 0 Å². The standard InChI is InChI=1S/C22H16N2/c1-4-10-17(11-5-1)20-16-21(18-12-6-2-7-13-18)24-22(23-20)19-14-8-3-9-15-19/h1-16H. The summed E-state index contributed by atoms with van der Waals surface area (Å²) in [5.41, 5.74) is 5.07. The second kappa shape index (κ2) is 6.47. The first kappa shape index (κ1) is 14.3. The number of aromatic nitrogens is 2. The van der Waals surface area contributed by atoms with E-state index in [1.807, 2.05) is 66.7 Å². The zero-order valence-electron chi connectivity index (χ0n) is 13.1. The molecule has 0 saturated carbocycles. The first-order valence-electron chi connectivity index (χ1n) is 7.95. The summed E-state index contributed by atoms with van der Waals surface area (Å²) in [6.45, 7) is 0. The third-order valence-electron chi connectivity index (χ3n) is 3.90. The number of nitrogens with zero attached hydrogens (tertiary/aromatic N) is 2. The largest absolute Gasteiger partial charge is 0.228 e. The number of rotatable bonds is 3. The molecule has 0 N–H and O–H groups in total. The highest BCUT2D eigenvalue weighted by molar-refractivity contribution is 5.71. The molecule has 0 unspecified atom stereocenters. The molecule has 2 nitrogen and oxygen atoms in total. The summed E-state index contributed by atoms with van der Waals surface area (Å²) in [6.07, 6.45) is 0. The highest BCUT2D eigenvalue weighted by Crippen LogP contribution is 2.27. The van der Waals surface area contributed by atoms with Crippen molar-refractivity contribution < 1.29 is 0 Å². The summed E-state index contributed by atoms with van der Waals surface area (Å²) < 4.78 is 0. The molecule has 24 heavy (non-hydrogen) atoms. The van der Waals surface area contributed by atoms with Gasteiger partial charge in [0.05, 0.1) is 11.4 Å². The van der Waals surface area contributed by atoms with Crippen molar-refractivity contribution in [1.29, 1.82) is 0 Å². The van der Waals surface area contributed by atoms with Crippen molar-refractivity contribution in [3.05, 3.63) is 97.1 Å². The molecule has 0 atom stereocenters. The normalized spacial score (nSPS) is 10.5. The van der Waals surface area contributed by atoms with Gasteiger partial charge in [0.25, 0.3) is 0 Å². The Labute approximate surface area is 141 Å². The van der Waals surface area contributed by atoms with E-state index in [2.05, 4.69) is 30.3 Å². The molecule has 0 radical (unpaired) electrons. The van der Waals surface area contributed by atoms with Crippen LogP contribution >= 0.6 is 0 Å². The zero-order valence-corrected chi connectivity index (χ0v) is 13.1. The molecule has 0 fully saturated rings. The molecule has 114 valence electrons.